The number of esters is 1. The number of methoxy groups -OCH3 is 1. The summed E-state index contributed by atoms with van der Waals surface area (Å²) in [7, 11) is 1.31. The van der Waals surface area contributed by atoms with Crippen LogP contribution in [0.4, 0.5) is 5.82 Å². The van der Waals surface area contributed by atoms with Gasteiger partial charge in [-0.05, 0) is 0 Å². The summed E-state index contributed by atoms with van der Waals surface area (Å²) in [5.41, 5.74) is 0.175. The van der Waals surface area contributed by atoms with Crippen LogP contribution in [0.15, 0.2) is 6.33 Å². The fourth-order valence-corrected chi connectivity index (χ4v) is 1.18. The Morgan fingerprint density at radius 1 is 1.62 bits per heavy atom. The van der Waals surface area contributed by atoms with E-state index in [-0.39, 0.29) is 23.1 Å². The Morgan fingerprint density at radius 3 is 3.00 bits per heavy atom. The van der Waals surface area contributed by atoms with Crippen LogP contribution in [0.2, 0.25) is 5.15 Å². The molecule has 0 fully saturated rings. The second-order valence-electron chi connectivity index (χ2n) is 2.80. The van der Waals surface area contributed by atoms with Crippen LogP contribution in [0.3, 0.4) is 0 Å². The summed E-state index contributed by atoms with van der Waals surface area (Å²) in [5, 5.41) is 2.88. The third kappa shape index (κ3) is 3.16. The number of hydrogen-bond donors (Lipinski definition) is 1. The van der Waals surface area contributed by atoms with E-state index in [0.29, 0.717) is 18.6 Å². The van der Waals surface area contributed by atoms with Gasteiger partial charge in [0.2, 0.25) is 0 Å². The second-order valence-corrected chi connectivity index (χ2v) is 3.16. The predicted octanol–water partition coefficient (Wildman–Crippen LogP) is 0.917. The Hall–Kier alpha value is -1.69. The molecular weight excluding hydrogens is 234 g/mol. The Bertz CT molecular complexity index is 398. The molecule has 0 saturated heterocycles. The number of anilines is 1. The number of nitrogens with one attached hydrogen (secondary N) is 1. The molecule has 1 heterocycles. The van der Waals surface area contributed by atoms with Gasteiger partial charge in [0.25, 0.3) is 0 Å². The van der Waals surface area contributed by atoms with E-state index < -0.39 is 0 Å². The van der Waals surface area contributed by atoms with Crippen LogP contribution >= 0.6 is 11.6 Å². The number of aromatic nitrogens is 2. The zero-order chi connectivity index (χ0) is 12.0. The SMILES string of the molecule is COC(=O)CCNc1ncnc(Cl)c1C=O. The first kappa shape index (κ1) is 12.4. The number of halogens is 1. The number of nitrogens with zero attached hydrogens (tertiary/aromatic N) is 2. The maximum Gasteiger partial charge on any atom is 0.307 e. The largest absolute Gasteiger partial charge is 0.469 e. The lowest BCUT2D eigenvalue weighted by Crippen LogP contribution is -2.12. The van der Waals surface area contributed by atoms with Crippen molar-refractivity contribution in [1.82, 2.24) is 9.97 Å². The van der Waals surface area contributed by atoms with Crippen LogP contribution in [-0.4, -0.2) is 35.9 Å². The van der Waals surface area contributed by atoms with Crippen molar-refractivity contribution in [3.63, 3.8) is 0 Å². The van der Waals surface area contributed by atoms with Gasteiger partial charge >= 0.3 is 5.97 Å². The van der Waals surface area contributed by atoms with E-state index in [1.165, 1.54) is 13.4 Å². The highest BCUT2D eigenvalue weighted by Crippen LogP contribution is 2.16. The van der Waals surface area contributed by atoms with Crippen LogP contribution in [0.1, 0.15) is 16.8 Å². The van der Waals surface area contributed by atoms with Crippen molar-refractivity contribution in [2.24, 2.45) is 0 Å². The monoisotopic (exact) mass is 243 g/mol. The van der Waals surface area contributed by atoms with Gasteiger partial charge in [-0.2, -0.15) is 0 Å². The van der Waals surface area contributed by atoms with Gasteiger partial charge in [0.05, 0.1) is 19.1 Å². The first-order chi connectivity index (χ1) is 7.69. The molecule has 1 aromatic heterocycles. The van der Waals surface area contributed by atoms with E-state index in [1.54, 1.807) is 0 Å². The van der Waals surface area contributed by atoms with Gasteiger partial charge in [-0.3, -0.25) is 9.59 Å². The fourth-order valence-electron chi connectivity index (χ4n) is 1.00. The number of carbonyl (C=O) groups is 2. The first-order valence-electron chi connectivity index (χ1n) is 4.45. The Kier molecular flexibility index (Phi) is 4.65. The van der Waals surface area contributed by atoms with E-state index >= 15 is 0 Å². The number of hydrogen-bond acceptors (Lipinski definition) is 6. The normalized spacial score (nSPS) is 9.62. The van der Waals surface area contributed by atoms with E-state index in [2.05, 4.69) is 20.0 Å². The van der Waals surface area contributed by atoms with Crippen molar-refractivity contribution in [2.75, 3.05) is 19.0 Å². The summed E-state index contributed by atoms with van der Waals surface area (Å²) in [6.45, 7) is 0.306. The lowest BCUT2D eigenvalue weighted by molar-refractivity contribution is -0.140. The third-order valence-electron chi connectivity index (χ3n) is 1.80. The molecule has 0 aliphatic heterocycles. The first-order valence-corrected chi connectivity index (χ1v) is 4.83. The number of aldehydes is 1. The van der Waals surface area contributed by atoms with Crippen molar-refractivity contribution in [1.29, 1.82) is 0 Å². The molecule has 7 heteroatoms. The molecule has 6 nitrogen and oxygen atoms in total. The van der Waals surface area contributed by atoms with Gasteiger partial charge in [0.15, 0.2) is 6.29 Å². The molecule has 0 aliphatic rings. The minimum Gasteiger partial charge on any atom is -0.469 e. The topological polar surface area (TPSA) is 81.2 Å². The van der Waals surface area contributed by atoms with Crippen molar-refractivity contribution in [3.8, 4) is 0 Å². The minimum absolute atomic E-state index is 0.0746. The quantitative estimate of drug-likeness (QED) is 0.470. The molecule has 0 amide bonds. The van der Waals surface area contributed by atoms with Crippen LogP contribution in [-0.2, 0) is 9.53 Å². The van der Waals surface area contributed by atoms with Gasteiger partial charge in [-0.1, -0.05) is 11.6 Å². The maximum atomic E-state index is 10.8. The summed E-state index contributed by atoms with van der Waals surface area (Å²) in [6.07, 6.45) is 1.97. The number of ether oxygens (including phenoxy) is 1. The highest BCUT2D eigenvalue weighted by molar-refractivity contribution is 6.32. The molecule has 86 valence electrons. The number of carbonyl (C=O) groups excluding carboxylic acids is 2. The van der Waals surface area contributed by atoms with Crippen LogP contribution in [0, 0.1) is 0 Å². The number of rotatable bonds is 5. The molecule has 0 aromatic carbocycles. The van der Waals surface area contributed by atoms with E-state index in [4.69, 9.17) is 11.6 Å². The van der Waals surface area contributed by atoms with Gasteiger partial charge < -0.3 is 10.1 Å². The van der Waals surface area contributed by atoms with Crippen LogP contribution < -0.4 is 5.32 Å². The lowest BCUT2D eigenvalue weighted by atomic mass is 10.3. The van der Waals surface area contributed by atoms with E-state index in [0.717, 1.165) is 0 Å². The smallest absolute Gasteiger partial charge is 0.307 e. The molecule has 0 unspecified atom stereocenters. The third-order valence-corrected chi connectivity index (χ3v) is 2.10. The zero-order valence-electron chi connectivity index (χ0n) is 8.57. The van der Waals surface area contributed by atoms with E-state index in [9.17, 15) is 9.59 Å². The summed E-state index contributed by atoms with van der Waals surface area (Å²) >= 11 is 5.68. The summed E-state index contributed by atoms with van der Waals surface area (Å²) in [5.74, 6) is -0.0424. The van der Waals surface area contributed by atoms with Crippen molar-refractivity contribution >= 4 is 29.7 Å². The summed E-state index contributed by atoms with van der Waals surface area (Å²) in [4.78, 5) is 29.0. The molecule has 0 atom stereocenters. The molecular formula is C9H10ClN3O3. The Morgan fingerprint density at radius 2 is 2.38 bits per heavy atom. The van der Waals surface area contributed by atoms with Gasteiger partial charge in [0, 0.05) is 6.54 Å². The molecule has 0 spiro atoms. The zero-order valence-corrected chi connectivity index (χ0v) is 9.32. The average Bonchev–Trinajstić information content (AvgIpc) is 2.29. The summed E-state index contributed by atoms with van der Waals surface area (Å²) in [6, 6.07) is 0. The molecule has 1 N–H and O–H groups in total. The van der Waals surface area contributed by atoms with Crippen LogP contribution in [0.25, 0.3) is 0 Å². The van der Waals surface area contributed by atoms with Crippen molar-refractivity contribution < 1.29 is 14.3 Å². The van der Waals surface area contributed by atoms with Crippen molar-refractivity contribution in [3.05, 3.63) is 17.0 Å². The van der Waals surface area contributed by atoms with Crippen molar-refractivity contribution in [2.45, 2.75) is 6.42 Å². The molecule has 1 aromatic rings. The minimum atomic E-state index is -0.347. The molecule has 0 aliphatic carbocycles. The average molecular weight is 244 g/mol. The molecule has 1 rings (SSSR count). The predicted molar refractivity (Wildman–Crippen MR) is 57.6 cm³/mol. The van der Waals surface area contributed by atoms with Gasteiger partial charge in [-0.15, -0.1) is 0 Å². The molecule has 0 radical (unpaired) electrons. The Labute approximate surface area is 97.0 Å². The van der Waals surface area contributed by atoms with Gasteiger partial charge in [0.1, 0.15) is 17.3 Å². The fraction of sp³-hybridized carbons (Fsp3) is 0.333. The highest BCUT2D eigenvalue weighted by Gasteiger charge is 2.08. The molecule has 16 heavy (non-hydrogen) atoms. The van der Waals surface area contributed by atoms with Crippen LogP contribution in [0.5, 0.6) is 0 Å². The highest BCUT2D eigenvalue weighted by atomic mass is 35.5. The Balaban J connectivity index is 2.63. The summed E-state index contributed by atoms with van der Waals surface area (Å²) < 4.78 is 4.46. The lowest BCUT2D eigenvalue weighted by Gasteiger charge is -2.06. The van der Waals surface area contributed by atoms with Gasteiger partial charge in [-0.25, -0.2) is 9.97 Å². The molecule has 0 saturated carbocycles. The standard InChI is InChI=1S/C9H10ClN3O3/c1-16-7(15)2-3-11-9-6(4-14)8(10)12-5-13-9/h4-5H,2-3H2,1H3,(H,11,12,13). The second kappa shape index (κ2) is 6.02. The molecule has 0 bridgehead atoms. The maximum absolute atomic E-state index is 10.8. The van der Waals surface area contributed by atoms with E-state index in [1.807, 2.05) is 0 Å².